The molecule has 212 valence electrons. The minimum atomic E-state index is -4.66. The van der Waals surface area contributed by atoms with E-state index >= 15 is 0 Å². The maximum atomic E-state index is 12.9. The highest BCUT2D eigenvalue weighted by molar-refractivity contribution is 7.91. The fraction of sp³-hybridized carbons (Fsp3) is 0.0714. The smallest absolute Gasteiger partial charge is 0.305 e. The van der Waals surface area contributed by atoms with E-state index in [1.807, 2.05) is 36.4 Å². The number of nitrogens with zero attached hydrogens (tertiary/aromatic N) is 3. The van der Waals surface area contributed by atoms with Crippen molar-refractivity contribution in [3.63, 3.8) is 0 Å². The summed E-state index contributed by atoms with van der Waals surface area (Å²) in [5.74, 6) is -0.699. The first-order chi connectivity index (χ1) is 20.0. The standard InChI is InChI=1S/C28H18ClF3N6O3S/c29-21-10-17(8-19-13-34-37-25(19)21)20-9-18-11-22(27(39)36-26(18)35-24(20)16-4-2-1-3-5-16)38-42(40,41)14-15-6-7-23(33-12-15)28(30,31)32/h1-13,38H,14H2,(H,34,37)(H,35,36,39). The van der Waals surface area contributed by atoms with Crippen LogP contribution in [0.1, 0.15) is 11.3 Å². The highest BCUT2D eigenvalue weighted by atomic mass is 35.5. The van der Waals surface area contributed by atoms with Gasteiger partial charge in [-0.05, 0) is 41.5 Å². The van der Waals surface area contributed by atoms with Gasteiger partial charge in [0.2, 0.25) is 10.0 Å². The van der Waals surface area contributed by atoms with E-state index in [9.17, 15) is 26.4 Å². The van der Waals surface area contributed by atoms with E-state index < -0.39 is 33.2 Å². The van der Waals surface area contributed by atoms with E-state index in [-0.39, 0.29) is 16.9 Å². The maximum absolute atomic E-state index is 12.9. The molecule has 0 aliphatic carbocycles. The van der Waals surface area contributed by atoms with Crippen LogP contribution >= 0.6 is 11.6 Å². The van der Waals surface area contributed by atoms with Crippen molar-refractivity contribution in [1.82, 2.24) is 25.1 Å². The molecule has 14 heteroatoms. The summed E-state index contributed by atoms with van der Waals surface area (Å²) < 4.78 is 66.3. The number of nitrogens with one attached hydrogen (secondary N) is 3. The van der Waals surface area contributed by atoms with Crippen LogP contribution in [0.2, 0.25) is 5.02 Å². The van der Waals surface area contributed by atoms with Crippen molar-refractivity contribution < 1.29 is 21.6 Å². The zero-order valence-corrected chi connectivity index (χ0v) is 22.8. The minimum absolute atomic E-state index is 0.00990. The zero-order chi connectivity index (χ0) is 29.6. The summed E-state index contributed by atoms with van der Waals surface area (Å²) in [5, 5.41) is 8.51. The number of halogens is 4. The van der Waals surface area contributed by atoms with Gasteiger partial charge in [-0.2, -0.15) is 18.3 Å². The van der Waals surface area contributed by atoms with Crippen molar-refractivity contribution in [3.05, 3.63) is 106 Å². The van der Waals surface area contributed by atoms with Gasteiger partial charge in [0.1, 0.15) is 17.0 Å². The van der Waals surface area contributed by atoms with E-state index in [0.717, 1.165) is 23.2 Å². The third-order valence-corrected chi connectivity index (χ3v) is 7.97. The molecule has 4 aromatic heterocycles. The van der Waals surface area contributed by atoms with Gasteiger partial charge in [0, 0.05) is 28.1 Å². The van der Waals surface area contributed by atoms with Crippen LogP contribution in [0.5, 0.6) is 0 Å². The summed E-state index contributed by atoms with van der Waals surface area (Å²) in [7, 11) is -4.20. The van der Waals surface area contributed by atoms with E-state index in [2.05, 4.69) is 24.9 Å². The fourth-order valence-electron chi connectivity index (χ4n) is 4.52. The molecule has 6 rings (SSSR count). The summed E-state index contributed by atoms with van der Waals surface area (Å²) >= 11 is 6.51. The normalized spacial score (nSPS) is 12.2. The Morgan fingerprint density at radius 1 is 0.929 bits per heavy atom. The quantitative estimate of drug-likeness (QED) is 0.207. The van der Waals surface area contributed by atoms with Gasteiger partial charge in [-0.15, -0.1) is 0 Å². The average molecular weight is 611 g/mol. The first kappa shape index (κ1) is 27.4. The largest absolute Gasteiger partial charge is 0.433 e. The van der Waals surface area contributed by atoms with Gasteiger partial charge in [0.05, 0.1) is 28.2 Å². The number of aromatic nitrogens is 5. The molecule has 0 aliphatic heterocycles. The van der Waals surface area contributed by atoms with Crippen molar-refractivity contribution in [2.75, 3.05) is 4.72 Å². The Bertz CT molecular complexity index is 2130. The number of benzene rings is 2. The molecule has 42 heavy (non-hydrogen) atoms. The van der Waals surface area contributed by atoms with Gasteiger partial charge < -0.3 is 4.98 Å². The first-order valence-electron chi connectivity index (χ1n) is 12.3. The fourth-order valence-corrected chi connectivity index (χ4v) is 5.95. The van der Waals surface area contributed by atoms with Crippen molar-refractivity contribution in [2.45, 2.75) is 11.9 Å². The number of H-pyrrole nitrogens is 2. The number of pyridine rings is 3. The number of anilines is 1. The lowest BCUT2D eigenvalue weighted by atomic mass is 9.97. The van der Waals surface area contributed by atoms with Crippen molar-refractivity contribution >= 4 is 49.2 Å². The third kappa shape index (κ3) is 5.43. The monoisotopic (exact) mass is 610 g/mol. The number of hydrogen-bond donors (Lipinski definition) is 3. The molecule has 0 bridgehead atoms. The van der Waals surface area contributed by atoms with Crippen LogP contribution in [-0.4, -0.2) is 33.6 Å². The molecule has 0 atom stereocenters. The number of hydrogen-bond acceptors (Lipinski definition) is 6. The average Bonchev–Trinajstić information content (AvgIpc) is 3.42. The lowest BCUT2D eigenvalue weighted by molar-refractivity contribution is -0.141. The summed E-state index contributed by atoms with van der Waals surface area (Å²) in [6.45, 7) is 0. The van der Waals surface area contributed by atoms with Gasteiger partial charge in [-0.25, -0.2) is 13.4 Å². The number of alkyl halides is 3. The van der Waals surface area contributed by atoms with Crippen LogP contribution in [0.15, 0.2) is 83.9 Å². The van der Waals surface area contributed by atoms with Crippen molar-refractivity contribution in [2.24, 2.45) is 0 Å². The SMILES string of the molecule is O=c1[nH]c2nc(-c3ccccc3)c(-c3cc(Cl)c4[nH]ncc4c3)cc2cc1NS(=O)(=O)Cc1ccc(C(F)(F)F)nc1. The van der Waals surface area contributed by atoms with Crippen LogP contribution in [0.3, 0.4) is 0 Å². The Labute approximate surface area is 240 Å². The Balaban J connectivity index is 1.41. The number of fused-ring (bicyclic) bond motifs is 2. The predicted molar refractivity (Wildman–Crippen MR) is 153 cm³/mol. The molecule has 0 fully saturated rings. The molecule has 0 saturated carbocycles. The molecule has 0 spiro atoms. The second kappa shape index (κ2) is 10.3. The van der Waals surface area contributed by atoms with Crippen LogP contribution in [0, 0.1) is 0 Å². The first-order valence-corrected chi connectivity index (χ1v) is 14.3. The number of aromatic amines is 2. The van der Waals surface area contributed by atoms with E-state index in [0.29, 0.717) is 38.8 Å². The molecule has 0 aliphatic rings. The second-order valence-corrected chi connectivity index (χ2v) is 11.5. The molecule has 0 radical (unpaired) electrons. The van der Waals surface area contributed by atoms with Crippen molar-refractivity contribution in [3.8, 4) is 22.4 Å². The van der Waals surface area contributed by atoms with Crippen LogP contribution in [-0.2, 0) is 22.0 Å². The molecule has 6 aromatic rings. The lowest BCUT2D eigenvalue weighted by Gasteiger charge is -2.13. The Morgan fingerprint density at radius 2 is 1.71 bits per heavy atom. The Kier molecular flexibility index (Phi) is 6.70. The van der Waals surface area contributed by atoms with Crippen molar-refractivity contribution in [1.29, 1.82) is 0 Å². The van der Waals surface area contributed by atoms with Crippen LogP contribution in [0.4, 0.5) is 18.9 Å². The third-order valence-electron chi connectivity index (χ3n) is 6.42. The van der Waals surface area contributed by atoms with E-state index in [4.69, 9.17) is 16.6 Å². The van der Waals surface area contributed by atoms with Gasteiger partial charge in [-0.3, -0.25) is 19.6 Å². The van der Waals surface area contributed by atoms with Crippen LogP contribution < -0.4 is 10.3 Å². The number of rotatable bonds is 6. The van der Waals surface area contributed by atoms with E-state index in [1.54, 1.807) is 18.3 Å². The van der Waals surface area contributed by atoms with Gasteiger partial charge >= 0.3 is 6.18 Å². The molecule has 4 heterocycles. The Morgan fingerprint density at radius 3 is 2.43 bits per heavy atom. The molecular formula is C28H18ClF3N6O3S. The zero-order valence-electron chi connectivity index (χ0n) is 21.2. The molecule has 0 saturated heterocycles. The second-order valence-electron chi connectivity index (χ2n) is 9.40. The Hall–Kier alpha value is -4.75. The summed E-state index contributed by atoms with van der Waals surface area (Å²) in [5.41, 5.74) is 1.41. The molecule has 0 unspecified atom stereocenters. The molecule has 3 N–H and O–H groups in total. The molecule has 9 nitrogen and oxygen atoms in total. The predicted octanol–water partition coefficient (Wildman–Crippen LogP) is 6.14. The van der Waals surface area contributed by atoms with Gasteiger partial charge in [-0.1, -0.05) is 48.0 Å². The minimum Gasteiger partial charge on any atom is -0.305 e. The maximum Gasteiger partial charge on any atom is 0.433 e. The highest BCUT2D eigenvalue weighted by Crippen LogP contribution is 2.36. The number of sulfonamides is 1. The summed E-state index contributed by atoms with van der Waals surface area (Å²) in [6.07, 6.45) is -2.19. The topological polar surface area (TPSA) is 133 Å². The highest BCUT2D eigenvalue weighted by Gasteiger charge is 2.32. The van der Waals surface area contributed by atoms with Gasteiger partial charge in [0.15, 0.2) is 0 Å². The lowest BCUT2D eigenvalue weighted by Crippen LogP contribution is -2.22. The van der Waals surface area contributed by atoms with Crippen LogP contribution in [0.25, 0.3) is 44.3 Å². The molecule has 0 amide bonds. The summed E-state index contributed by atoms with van der Waals surface area (Å²) in [4.78, 5) is 23.5. The van der Waals surface area contributed by atoms with Gasteiger partial charge in [0.25, 0.3) is 5.56 Å². The van der Waals surface area contributed by atoms with E-state index in [1.165, 1.54) is 6.07 Å². The molecule has 2 aromatic carbocycles. The summed E-state index contributed by atoms with van der Waals surface area (Å²) in [6, 6.07) is 17.8. The molecular weight excluding hydrogens is 593 g/mol.